The summed E-state index contributed by atoms with van der Waals surface area (Å²) in [6.45, 7) is 3.42. The smallest absolute Gasteiger partial charge is 0.131 e. The lowest BCUT2D eigenvalue weighted by atomic mass is 9.96. The molecule has 1 aliphatic heterocycles. The second-order valence-corrected chi connectivity index (χ2v) is 4.27. The summed E-state index contributed by atoms with van der Waals surface area (Å²) < 4.78 is 32.7. The van der Waals surface area contributed by atoms with Gasteiger partial charge in [-0.15, -0.1) is 0 Å². The molecule has 0 saturated carbocycles. The quantitative estimate of drug-likeness (QED) is 0.878. The van der Waals surface area contributed by atoms with E-state index in [-0.39, 0.29) is 11.6 Å². The van der Waals surface area contributed by atoms with Gasteiger partial charge < -0.3 is 10.1 Å². The third-order valence-electron chi connectivity index (χ3n) is 3.10. The molecule has 0 bridgehead atoms. The van der Waals surface area contributed by atoms with E-state index < -0.39 is 17.7 Å². The van der Waals surface area contributed by atoms with Crippen LogP contribution in [0.3, 0.4) is 0 Å². The summed E-state index contributed by atoms with van der Waals surface area (Å²) in [4.78, 5) is 0. The molecule has 1 N–H and O–H groups in total. The highest BCUT2D eigenvalue weighted by molar-refractivity contribution is 5.22. The van der Waals surface area contributed by atoms with Gasteiger partial charge in [-0.1, -0.05) is 13.0 Å². The summed E-state index contributed by atoms with van der Waals surface area (Å²) in [6.07, 6.45) is 1.03. The summed E-state index contributed by atoms with van der Waals surface area (Å²) in [5.74, 6) is -1.04. The third kappa shape index (κ3) is 2.82. The van der Waals surface area contributed by atoms with Gasteiger partial charge in [-0.2, -0.15) is 0 Å². The molecule has 1 aromatic carbocycles. The van der Waals surface area contributed by atoms with Crippen molar-refractivity contribution >= 4 is 0 Å². The molecule has 0 radical (unpaired) electrons. The van der Waals surface area contributed by atoms with E-state index in [4.69, 9.17) is 4.74 Å². The van der Waals surface area contributed by atoms with Crippen LogP contribution in [0.2, 0.25) is 0 Å². The summed E-state index contributed by atoms with van der Waals surface area (Å²) >= 11 is 0. The largest absolute Gasteiger partial charge is 0.373 e. The lowest BCUT2D eigenvalue weighted by Gasteiger charge is -2.30. The van der Waals surface area contributed by atoms with Crippen molar-refractivity contribution in [3.05, 3.63) is 35.4 Å². The zero-order chi connectivity index (χ0) is 12.3. The number of hydrogen-bond donors (Lipinski definition) is 1. The molecular formula is C13H17F2NO. The van der Waals surface area contributed by atoms with Crippen LogP contribution in [0.5, 0.6) is 0 Å². The Morgan fingerprint density at radius 3 is 2.71 bits per heavy atom. The molecule has 2 nitrogen and oxygen atoms in total. The molecular weight excluding hydrogens is 224 g/mol. The first-order chi connectivity index (χ1) is 8.22. The standard InChI is InChI=1S/C13H17F2NO/c1-2-16-9-6-7-17-12(8-9)13-10(14)4-3-5-11(13)15/h3-5,9,12,16H,2,6-8H2,1H3. The molecule has 2 rings (SSSR count). The number of ether oxygens (including phenoxy) is 1. The molecule has 1 heterocycles. The van der Waals surface area contributed by atoms with E-state index in [0.717, 1.165) is 13.0 Å². The normalized spacial score (nSPS) is 24.9. The van der Waals surface area contributed by atoms with E-state index in [2.05, 4.69) is 5.32 Å². The Morgan fingerprint density at radius 1 is 1.35 bits per heavy atom. The minimum atomic E-state index is -0.521. The average molecular weight is 241 g/mol. The molecule has 0 aliphatic carbocycles. The van der Waals surface area contributed by atoms with Crippen LogP contribution in [0.4, 0.5) is 8.78 Å². The van der Waals surface area contributed by atoms with Gasteiger partial charge in [-0.05, 0) is 31.5 Å². The summed E-state index contributed by atoms with van der Waals surface area (Å²) in [5.41, 5.74) is 0.0649. The maximum Gasteiger partial charge on any atom is 0.131 e. The molecule has 1 saturated heterocycles. The van der Waals surface area contributed by atoms with Crippen molar-refractivity contribution in [3.8, 4) is 0 Å². The fraction of sp³-hybridized carbons (Fsp3) is 0.538. The lowest BCUT2D eigenvalue weighted by molar-refractivity contribution is -0.00339. The van der Waals surface area contributed by atoms with E-state index in [0.29, 0.717) is 13.0 Å². The van der Waals surface area contributed by atoms with Crippen LogP contribution in [0, 0.1) is 11.6 Å². The molecule has 4 heteroatoms. The summed E-state index contributed by atoms with van der Waals surface area (Å²) in [7, 11) is 0. The first kappa shape index (κ1) is 12.5. The minimum Gasteiger partial charge on any atom is -0.373 e. The average Bonchev–Trinajstić information content (AvgIpc) is 2.30. The highest BCUT2D eigenvalue weighted by atomic mass is 19.1. The van der Waals surface area contributed by atoms with E-state index in [1.54, 1.807) is 0 Å². The molecule has 2 unspecified atom stereocenters. The molecule has 17 heavy (non-hydrogen) atoms. The van der Waals surface area contributed by atoms with Gasteiger partial charge in [-0.3, -0.25) is 0 Å². The molecule has 1 fully saturated rings. The van der Waals surface area contributed by atoms with E-state index in [1.165, 1.54) is 18.2 Å². The second kappa shape index (κ2) is 5.56. The zero-order valence-corrected chi connectivity index (χ0v) is 9.88. The Balaban J connectivity index is 2.16. The maximum absolute atomic E-state index is 13.6. The van der Waals surface area contributed by atoms with E-state index in [1.807, 2.05) is 6.92 Å². The van der Waals surface area contributed by atoms with Crippen molar-refractivity contribution in [2.45, 2.75) is 31.9 Å². The first-order valence-electron chi connectivity index (χ1n) is 6.01. The third-order valence-corrected chi connectivity index (χ3v) is 3.10. The Morgan fingerprint density at radius 2 is 2.06 bits per heavy atom. The number of rotatable bonds is 3. The molecule has 0 spiro atoms. The van der Waals surface area contributed by atoms with Gasteiger partial charge >= 0.3 is 0 Å². The SMILES string of the molecule is CCNC1CCOC(c2c(F)cccc2F)C1. The second-order valence-electron chi connectivity index (χ2n) is 4.27. The topological polar surface area (TPSA) is 21.3 Å². The molecule has 1 aromatic rings. The van der Waals surface area contributed by atoms with Crippen LogP contribution in [-0.4, -0.2) is 19.2 Å². The molecule has 0 aromatic heterocycles. The fourth-order valence-electron chi connectivity index (χ4n) is 2.29. The van der Waals surface area contributed by atoms with Crippen LogP contribution in [0.1, 0.15) is 31.4 Å². The Kier molecular flexibility index (Phi) is 4.07. The van der Waals surface area contributed by atoms with Gasteiger partial charge in [0.25, 0.3) is 0 Å². The predicted molar refractivity (Wildman–Crippen MR) is 61.7 cm³/mol. The number of halogens is 2. The maximum atomic E-state index is 13.6. The molecule has 1 aliphatic rings. The van der Waals surface area contributed by atoms with Crippen molar-refractivity contribution in [3.63, 3.8) is 0 Å². The van der Waals surface area contributed by atoms with Crippen molar-refractivity contribution in [2.24, 2.45) is 0 Å². The molecule has 2 atom stereocenters. The summed E-state index contributed by atoms with van der Waals surface area (Å²) in [6, 6.07) is 4.20. The highest BCUT2D eigenvalue weighted by Crippen LogP contribution is 2.31. The fourth-order valence-corrected chi connectivity index (χ4v) is 2.29. The van der Waals surface area contributed by atoms with Gasteiger partial charge in [0, 0.05) is 12.6 Å². The van der Waals surface area contributed by atoms with E-state index >= 15 is 0 Å². The van der Waals surface area contributed by atoms with Crippen molar-refractivity contribution in [1.29, 1.82) is 0 Å². The van der Waals surface area contributed by atoms with Crippen LogP contribution in [-0.2, 0) is 4.74 Å². The summed E-state index contributed by atoms with van der Waals surface area (Å²) in [5, 5.41) is 3.30. The number of benzene rings is 1. The molecule has 94 valence electrons. The van der Waals surface area contributed by atoms with Crippen LogP contribution >= 0.6 is 0 Å². The van der Waals surface area contributed by atoms with Crippen molar-refractivity contribution < 1.29 is 13.5 Å². The Hall–Kier alpha value is -1.00. The first-order valence-corrected chi connectivity index (χ1v) is 6.01. The van der Waals surface area contributed by atoms with Crippen LogP contribution < -0.4 is 5.32 Å². The van der Waals surface area contributed by atoms with Gasteiger partial charge in [0.1, 0.15) is 11.6 Å². The highest BCUT2D eigenvalue weighted by Gasteiger charge is 2.27. The Labute approximate surface area is 100.0 Å². The lowest BCUT2D eigenvalue weighted by Crippen LogP contribution is -2.36. The van der Waals surface area contributed by atoms with Crippen molar-refractivity contribution in [2.75, 3.05) is 13.2 Å². The van der Waals surface area contributed by atoms with Crippen LogP contribution in [0.15, 0.2) is 18.2 Å². The van der Waals surface area contributed by atoms with Crippen LogP contribution in [0.25, 0.3) is 0 Å². The van der Waals surface area contributed by atoms with Gasteiger partial charge in [0.05, 0.1) is 11.7 Å². The molecule has 0 amide bonds. The van der Waals surface area contributed by atoms with Gasteiger partial charge in [0.15, 0.2) is 0 Å². The van der Waals surface area contributed by atoms with E-state index in [9.17, 15) is 8.78 Å². The monoisotopic (exact) mass is 241 g/mol. The number of nitrogens with one attached hydrogen (secondary N) is 1. The zero-order valence-electron chi connectivity index (χ0n) is 9.88. The minimum absolute atomic E-state index is 0.0649. The van der Waals surface area contributed by atoms with Crippen molar-refractivity contribution in [1.82, 2.24) is 5.32 Å². The Bertz CT molecular complexity index is 361. The van der Waals surface area contributed by atoms with Gasteiger partial charge in [0.2, 0.25) is 0 Å². The number of hydrogen-bond acceptors (Lipinski definition) is 2. The predicted octanol–water partition coefficient (Wildman–Crippen LogP) is 2.79. The van der Waals surface area contributed by atoms with Gasteiger partial charge in [-0.25, -0.2) is 8.78 Å².